The lowest BCUT2D eigenvalue weighted by atomic mass is 10.0. The zero-order chi connectivity index (χ0) is 26.8. The molecule has 0 fully saturated rings. The molecule has 6 rings (SSSR count). The molecule has 4 aromatic carbocycles. The Hall–Kier alpha value is -4.06. The van der Waals surface area contributed by atoms with Gasteiger partial charge in [0.2, 0.25) is 0 Å². The second kappa shape index (κ2) is 11.0. The second-order valence-corrected chi connectivity index (χ2v) is 10.9. The molecule has 0 atom stereocenters. The van der Waals surface area contributed by atoms with Gasteiger partial charge in [-0.2, -0.15) is 0 Å². The molecule has 0 unspecified atom stereocenters. The average molecular weight is 552 g/mol. The monoisotopic (exact) mass is 551 g/mol. The lowest BCUT2D eigenvalue weighted by Gasteiger charge is -2.13. The highest BCUT2D eigenvalue weighted by atomic mass is 35.5. The lowest BCUT2D eigenvalue weighted by molar-refractivity contribution is -0.136. The number of thiophene rings is 1. The largest absolute Gasteiger partial charge is 0.489 e. The third kappa shape index (κ3) is 5.42. The minimum absolute atomic E-state index is 0.0549. The van der Waals surface area contributed by atoms with Gasteiger partial charge in [-0.05, 0) is 63.4 Å². The molecule has 0 aliphatic heterocycles. The fourth-order valence-corrected chi connectivity index (χ4v) is 6.27. The first kappa shape index (κ1) is 25.2. The number of nitrogens with zero attached hydrogens (tertiary/aromatic N) is 1. The highest BCUT2D eigenvalue weighted by molar-refractivity contribution is 7.17. The van der Waals surface area contributed by atoms with Crippen LogP contribution < -0.4 is 4.74 Å². The zero-order valence-electron chi connectivity index (χ0n) is 21.1. The van der Waals surface area contributed by atoms with Gasteiger partial charge in [-0.1, -0.05) is 72.3 Å². The number of carboxylic acid groups (broad SMARTS) is 1. The Labute approximate surface area is 235 Å². The predicted octanol–water partition coefficient (Wildman–Crippen LogP) is 8.35. The second-order valence-electron chi connectivity index (χ2n) is 9.60. The number of hydrogen-bond donors (Lipinski definition) is 1. The quantitative estimate of drug-likeness (QED) is 0.196. The van der Waals surface area contributed by atoms with Crippen LogP contribution in [0.5, 0.6) is 5.75 Å². The number of carbonyl (C=O) groups is 1. The maximum Gasteiger partial charge on any atom is 0.307 e. The third-order valence-electron chi connectivity index (χ3n) is 6.99. The summed E-state index contributed by atoms with van der Waals surface area (Å²) in [4.78, 5) is 12.1. The van der Waals surface area contributed by atoms with Crippen molar-refractivity contribution in [2.45, 2.75) is 26.0 Å². The molecule has 0 amide bonds. The Morgan fingerprint density at radius 3 is 2.36 bits per heavy atom. The van der Waals surface area contributed by atoms with Gasteiger partial charge in [0.15, 0.2) is 0 Å². The summed E-state index contributed by atoms with van der Waals surface area (Å²) in [5.74, 6) is -0.100. The number of halogens is 1. The molecule has 2 aromatic heterocycles. The van der Waals surface area contributed by atoms with E-state index in [1.807, 2.05) is 84.9 Å². The molecule has 0 aliphatic carbocycles. The number of carboxylic acids is 1. The van der Waals surface area contributed by atoms with Crippen LogP contribution in [0.1, 0.15) is 27.9 Å². The maximum atomic E-state index is 12.1. The Bertz CT molecular complexity index is 1770. The summed E-state index contributed by atoms with van der Waals surface area (Å²) in [5, 5.41) is 14.8. The minimum atomic E-state index is -0.849. The SMILES string of the molecule is O=C(O)Cc1c(Cc2csc3ccc(Cl)cc23)n(Cc2ccccc2)c2cc(OCc3ccccc3)ccc12. The van der Waals surface area contributed by atoms with Gasteiger partial charge in [0.05, 0.1) is 11.9 Å². The van der Waals surface area contributed by atoms with Crippen LogP contribution in [0, 0.1) is 0 Å². The molecule has 2 heterocycles. The summed E-state index contributed by atoms with van der Waals surface area (Å²) in [6.45, 7) is 1.08. The van der Waals surface area contributed by atoms with Crippen LogP contribution >= 0.6 is 22.9 Å². The molecule has 0 saturated heterocycles. The molecular formula is C33H26ClNO3S. The van der Waals surface area contributed by atoms with Crippen molar-refractivity contribution in [1.29, 1.82) is 0 Å². The first-order chi connectivity index (χ1) is 19.0. The highest BCUT2D eigenvalue weighted by Gasteiger charge is 2.21. The van der Waals surface area contributed by atoms with E-state index in [0.717, 1.165) is 54.7 Å². The number of ether oxygens (including phenoxy) is 1. The van der Waals surface area contributed by atoms with E-state index < -0.39 is 5.97 Å². The Morgan fingerprint density at radius 2 is 1.62 bits per heavy atom. The number of hydrogen-bond acceptors (Lipinski definition) is 3. The number of aliphatic carboxylic acids is 1. The average Bonchev–Trinajstić information content (AvgIpc) is 3.47. The van der Waals surface area contributed by atoms with Crippen molar-refractivity contribution in [1.82, 2.24) is 4.57 Å². The summed E-state index contributed by atoms with van der Waals surface area (Å²) in [6.07, 6.45) is 0.547. The van der Waals surface area contributed by atoms with Gasteiger partial charge in [-0.25, -0.2) is 0 Å². The van der Waals surface area contributed by atoms with Gasteiger partial charge >= 0.3 is 5.97 Å². The summed E-state index contributed by atoms with van der Waals surface area (Å²) in [7, 11) is 0. The van der Waals surface area contributed by atoms with E-state index >= 15 is 0 Å². The van der Waals surface area contributed by atoms with Gasteiger partial charge in [0, 0.05) is 39.8 Å². The van der Waals surface area contributed by atoms with Crippen molar-refractivity contribution >= 4 is 49.9 Å². The summed E-state index contributed by atoms with van der Waals surface area (Å²) in [5.41, 5.74) is 6.18. The van der Waals surface area contributed by atoms with Crippen LogP contribution in [0.25, 0.3) is 21.0 Å². The highest BCUT2D eigenvalue weighted by Crippen LogP contribution is 2.36. The molecule has 0 spiro atoms. The van der Waals surface area contributed by atoms with Crippen LogP contribution in [0.2, 0.25) is 5.02 Å². The van der Waals surface area contributed by atoms with E-state index in [1.165, 1.54) is 0 Å². The van der Waals surface area contributed by atoms with Crippen molar-refractivity contribution in [3.05, 3.63) is 135 Å². The molecule has 194 valence electrons. The first-order valence-corrected chi connectivity index (χ1v) is 14.0. The molecule has 0 bridgehead atoms. The van der Waals surface area contributed by atoms with Crippen molar-refractivity contribution < 1.29 is 14.6 Å². The molecule has 6 aromatic rings. The topological polar surface area (TPSA) is 51.5 Å². The summed E-state index contributed by atoms with van der Waals surface area (Å²) in [6, 6.07) is 32.3. The van der Waals surface area contributed by atoms with Crippen molar-refractivity contribution in [3.63, 3.8) is 0 Å². The first-order valence-electron chi connectivity index (χ1n) is 12.8. The number of fused-ring (bicyclic) bond motifs is 2. The lowest BCUT2D eigenvalue weighted by Crippen LogP contribution is -2.09. The summed E-state index contributed by atoms with van der Waals surface area (Å²) >= 11 is 8.03. The smallest absolute Gasteiger partial charge is 0.307 e. The van der Waals surface area contributed by atoms with E-state index in [2.05, 4.69) is 22.1 Å². The number of rotatable bonds is 9. The molecule has 4 nitrogen and oxygen atoms in total. The van der Waals surface area contributed by atoms with Gasteiger partial charge in [0.25, 0.3) is 0 Å². The Balaban J connectivity index is 1.49. The van der Waals surface area contributed by atoms with Crippen LogP contribution in [-0.4, -0.2) is 15.6 Å². The van der Waals surface area contributed by atoms with Crippen LogP contribution in [0.15, 0.2) is 102 Å². The molecule has 6 heteroatoms. The fraction of sp³-hybridized carbons (Fsp3) is 0.121. The van der Waals surface area contributed by atoms with Crippen LogP contribution in [0.3, 0.4) is 0 Å². The van der Waals surface area contributed by atoms with Gasteiger partial charge in [-0.3, -0.25) is 4.79 Å². The summed E-state index contributed by atoms with van der Waals surface area (Å²) < 4.78 is 9.59. The van der Waals surface area contributed by atoms with E-state index in [-0.39, 0.29) is 6.42 Å². The molecule has 1 N–H and O–H groups in total. The zero-order valence-corrected chi connectivity index (χ0v) is 22.7. The van der Waals surface area contributed by atoms with Gasteiger partial charge in [-0.15, -0.1) is 11.3 Å². The van der Waals surface area contributed by atoms with Crippen molar-refractivity contribution in [2.75, 3.05) is 0 Å². The Morgan fingerprint density at radius 1 is 0.872 bits per heavy atom. The standard InChI is InChI=1S/C33H26ClNO3S/c34-25-11-14-32-28(16-25)24(21-39-32)15-30-29(18-33(36)37)27-13-12-26(38-20-23-9-5-2-6-10-23)17-31(27)35(30)19-22-7-3-1-4-8-22/h1-14,16-17,21H,15,18-20H2,(H,36,37). The maximum absolute atomic E-state index is 12.1. The molecule has 0 saturated carbocycles. The predicted molar refractivity (Wildman–Crippen MR) is 159 cm³/mol. The molecule has 0 radical (unpaired) electrons. The van der Waals surface area contributed by atoms with E-state index in [0.29, 0.717) is 24.6 Å². The van der Waals surface area contributed by atoms with Crippen LogP contribution in [0.4, 0.5) is 0 Å². The van der Waals surface area contributed by atoms with Gasteiger partial charge < -0.3 is 14.4 Å². The normalized spacial score (nSPS) is 11.3. The minimum Gasteiger partial charge on any atom is -0.489 e. The van der Waals surface area contributed by atoms with Crippen molar-refractivity contribution in [2.24, 2.45) is 0 Å². The molecule has 0 aliphatic rings. The van der Waals surface area contributed by atoms with E-state index in [1.54, 1.807) is 11.3 Å². The van der Waals surface area contributed by atoms with Crippen LogP contribution in [-0.2, 0) is 30.8 Å². The molecular weight excluding hydrogens is 526 g/mol. The number of benzene rings is 4. The molecule has 39 heavy (non-hydrogen) atoms. The van der Waals surface area contributed by atoms with Crippen molar-refractivity contribution in [3.8, 4) is 5.75 Å². The van der Waals surface area contributed by atoms with E-state index in [9.17, 15) is 9.90 Å². The van der Waals surface area contributed by atoms with E-state index in [4.69, 9.17) is 16.3 Å². The number of aromatic nitrogens is 1. The third-order valence-corrected chi connectivity index (χ3v) is 8.24. The Kier molecular flexibility index (Phi) is 7.10. The fourth-order valence-electron chi connectivity index (χ4n) is 5.15. The van der Waals surface area contributed by atoms with Gasteiger partial charge in [0.1, 0.15) is 12.4 Å².